The Labute approximate surface area is 102 Å². The first kappa shape index (κ1) is 14.2. The quantitative estimate of drug-likeness (QED) is 0.735. The number of hydrogen-bond acceptors (Lipinski definition) is 4. The number of carbonyl (C=O) groups is 1. The van der Waals surface area contributed by atoms with E-state index in [0.717, 1.165) is 25.7 Å². The molecule has 0 spiro atoms. The Hall–Kier alpha value is -0.820. The number of hydrogen-bond donors (Lipinski definition) is 2. The predicted molar refractivity (Wildman–Crippen MR) is 64.2 cm³/mol. The van der Waals surface area contributed by atoms with Gasteiger partial charge in [-0.25, -0.2) is 17.9 Å². The molecule has 0 aromatic rings. The summed E-state index contributed by atoms with van der Waals surface area (Å²) in [5.41, 5.74) is 0. The molecule has 0 aromatic carbocycles. The number of alkyl carbamates (subject to hydrolysis) is 1. The van der Waals surface area contributed by atoms with Gasteiger partial charge in [-0.1, -0.05) is 12.8 Å². The molecule has 17 heavy (non-hydrogen) atoms. The molecular formula is C10H20N2O4S. The molecular weight excluding hydrogens is 244 g/mol. The summed E-state index contributed by atoms with van der Waals surface area (Å²) in [6.07, 6.45) is 3.39. The van der Waals surface area contributed by atoms with Gasteiger partial charge in [0.2, 0.25) is 10.0 Å². The van der Waals surface area contributed by atoms with E-state index in [-0.39, 0.29) is 24.9 Å². The zero-order chi connectivity index (χ0) is 12.7. The summed E-state index contributed by atoms with van der Waals surface area (Å²) in [4.78, 5) is 10.9. The number of nitrogens with one attached hydrogen (secondary N) is 2. The van der Waals surface area contributed by atoms with Crippen molar-refractivity contribution in [2.24, 2.45) is 0 Å². The lowest BCUT2D eigenvalue weighted by Gasteiger charge is -2.12. The van der Waals surface area contributed by atoms with Gasteiger partial charge in [-0.05, 0) is 19.8 Å². The topological polar surface area (TPSA) is 84.5 Å². The van der Waals surface area contributed by atoms with E-state index in [9.17, 15) is 13.2 Å². The average molecular weight is 264 g/mol. The largest absolute Gasteiger partial charge is 0.450 e. The minimum Gasteiger partial charge on any atom is -0.450 e. The Kier molecular flexibility index (Phi) is 5.70. The van der Waals surface area contributed by atoms with Gasteiger partial charge in [0, 0.05) is 12.6 Å². The second-order valence-corrected chi connectivity index (χ2v) is 5.94. The zero-order valence-electron chi connectivity index (χ0n) is 10.1. The van der Waals surface area contributed by atoms with Crippen molar-refractivity contribution in [1.82, 2.24) is 10.0 Å². The highest BCUT2D eigenvalue weighted by atomic mass is 32.2. The van der Waals surface area contributed by atoms with Crippen LogP contribution in [0.3, 0.4) is 0 Å². The van der Waals surface area contributed by atoms with Crippen LogP contribution >= 0.6 is 0 Å². The van der Waals surface area contributed by atoms with Gasteiger partial charge < -0.3 is 10.1 Å². The first-order valence-electron chi connectivity index (χ1n) is 5.94. The van der Waals surface area contributed by atoms with Crippen LogP contribution in [0.1, 0.15) is 32.6 Å². The maximum absolute atomic E-state index is 11.6. The molecule has 1 rings (SSSR count). The predicted octanol–water partition coefficient (Wildman–Crippen LogP) is 0.595. The van der Waals surface area contributed by atoms with E-state index in [1.165, 1.54) is 0 Å². The van der Waals surface area contributed by atoms with Crippen LogP contribution in [-0.4, -0.2) is 39.5 Å². The molecule has 7 heteroatoms. The molecule has 0 heterocycles. The third-order valence-corrected chi connectivity index (χ3v) is 4.05. The summed E-state index contributed by atoms with van der Waals surface area (Å²) < 4.78 is 30.5. The Morgan fingerprint density at radius 1 is 1.35 bits per heavy atom. The fourth-order valence-electron chi connectivity index (χ4n) is 1.83. The van der Waals surface area contributed by atoms with Gasteiger partial charge in [0.15, 0.2) is 0 Å². The maximum Gasteiger partial charge on any atom is 0.407 e. The lowest BCUT2D eigenvalue weighted by atomic mass is 10.3. The molecule has 1 amide bonds. The van der Waals surface area contributed by atoms with Crippen molar-refractivity contribution in [2.45, 2.75) is 38.6 Å². The normalized spacial score (nSPS) is 17.0. The van der Waals surface area contributed by atoms with Gasteiger partial charge in [-0.3, -0.25) is 0 Å². The van der Waals surface area contributed by atoms with E-state index < -0.39 is 16.1 Å². The number of amides is 1. The highest BCUT2D eigenvalue weighted by Gasteiger charge is 2.21. The van der Waals surface area contributed by atoms with Gasteiger partial charge in [0.25, 0.3) is 0 Å². The van der Waals surface area contributed by atoms with Crippen molar-refractivity contribution in [3.63, 3.8) is 0 Å². The van der Waals surface area contributed by atoms with Crippen LogP contribution < -0.4 is 10.0 Å². The second-order valence-electron chi connectivity index (χ2n) is 4.07. The van der Waals surface area contributed by atoms with Gasteiger partial charge in [0.05, 0.1) is 12.4 Å². The maximum atomic E-state index is 11.6. The molecule has 0 unspecified atom stereocenters. The first-order chi connectivity index (χ1) is 8.03. The highest BCUT2D eigenvalue weighted by Crippen LogP contribution is 2.18. The molecule has 100 valence electrons. The zero-order valence-corrected chi connectivity index (χ0v) is 10.9. The van der Waals surface area contributed by atoms with E-state index in [4.69, 9.17) is 0 Å². The van der Waals surface area contributed by atoms with Crippen LogP contribution in [0.4, 0.5) is 4.79 Å². The molecule has 1 aliphatic rings. The van der Waals surface area contributed by atoms with E-state index in [2.05, 4.69) is 14.8 Å². The molecule has 0 saturated heterocycles. The van der Waals surface area contributed by atoms with Gasteiger partial charge in [-0.15, -0.1) is 0 Å². The number of carbonyl (C=O) groups excluding carboxylic acids is 1. The third-order valence-electron chi connectivity index (χ3n) is 2.62. The van der Waals surface area contributed by atoms with Crippen LogP contribution in [-0.2, 0) is 14.8 Å². The third kappa shape index (κ3) is 5.88. The van der Waals surface area contributed by atoms with Crippen LogP contribution in [0.5, 0.6) is 0 Å². The molecule has 0 aliphatic heterocycles. The average Bonchev–Trinajstić information content (AvgIpc) is 2.69. The molecule has 0 atom stereocenters. The molecule has 1 fully saturated rings. The van der Waals surface area contributed by atoms with E-state index in [1.807, 2.05) is 0 Å². The van der Waals surface area contributed by atoms with Crippen molar-refractivity contribution in [1.29, 1.82) is 0 Å². The van der Waals surface area contributed by atoms with Gasteiger partial charge in [0.1, 0.15) is 0 Å². The molecule has 1 saturated carbocycles. The summed E-state index contributed by atoms with van der Waals surface area (Å²) in [7, 11) is -3.30. The van der Waals surface area contributed by atoms with Crippen LogP contribution in [0.2, 0.25) is 0 Å². The highest BCUT2D eigenvalue weighted by molar-refractivity contribution is 7.89. The molecule has 2 N–H and O–H groups in total. The van der Waals surface area contributed by atoms with E-state index in [0.29, 0.717) is 0 Å². The summed E-state index contributed by atoms with van der Waals surface area (Å²) >= 11 is 0. The number of ether oxygens (including phenoxy) is 1. The number of sulfonamides is 1. The fourth-order valence-corrected chi connectivity index (χ4v) is 3.06. The van der Waals surface area contributed by atoms with Crippen molar-refractivity contribution in [3.8, 4) is 0 Å². The molecule has 0 bridgehead atoms. The van der Waals surface area contributed by atoms with Crippen molar-refractivity contribution in [2.75, 3.05) is 18.9 Å². The van der Waals surface area contributed by atoms with E-state index in [1.54, 1.807) is 6.92 Å². The van der Waals surface area contributed by atoms with Crippen molar-refractivity contribution in [3.05, 3.63) is 0 Å². The van der Waals surface area contributed by atoms with Gasteiger partial charge >= 0.3 is 6.09 Å². The van der Waals surface area contributed by atoms with Gasteiger partial charge in [-0.2, -0.15) is 0 Å². The molecule has 0 aromatic heterocycles. The van der Waals surface area contributed by atoms with Crippen LogP contribution in [0.15, 0.2) is 0 Å². The Balaban J connectivity index is 2.22. The minimum absolute atomic E-state index is 0.0703. The smallest absolute Gasteiger partial charge is 0.407 e. The fraction of sp³-hybridized carbons (Fsp3) is 0.900. The summed E-state index contributed by atoms with van der Waals surface area (Å²) in [6.45, 7) is 2.04. The van der Waals surface area contributed by atoms with E-state index >= 15 is 0 Å². The summed E-state index contributed by atoms with van der Waals surface area (Å²) in [6, 6.07) is 0.0718. The number of rotatable bonds is 6. The van der Waals surface area contributed by atoms with Crippen molar-refractivity contribution >= 4 is 16.1 Å². The minimum atomic E-state index is -3.30. The lowest BCUT2D eigenvalue weighted by Crippen LogP contribution is -2.38. The molecule has 1 aliphatic carbocycles. The summed E-state index contributed by atoms with van der Waals surface area (Å²) in [5, 5.41) is 2.38. The summed E-state index contributed by atoms with van der Waals surface area (Å²) in [5.74, 6) is -0.109. The monoisotopic (exact) mass is 264 g/mol. The van der Waals surface area contributed by atoms with Crippen molar-refractivity contribution < 1.29 is 17.9 Å². The first-order valence-corrected chi connectivity index (χ1v) is 7.59. The Morgan fingerprint density at radius 3 is 2.59 bits per heavy atom. The lowest BCUT2D eigenvalue weighted by molar-refractivity contribution is 0.153. The molecule has 6 nitrogen and oxygen atoms in total. The SMILES string of the molecule is CCOC(=O)NCCS(=O)(=O)NC1CCCC1. The standard InChI is InChI=1S/C10H20N2O4S/c1-2-16-10(13)11-7-8-17(14,15)12-9-5-3-4-6-9/h9,12H,2-8H2,1H3,(H,11,13). The molecule has 0 radical (unpaired) electrons. The Morgan fingerprint density at radius 2 is 2.00 bits per heavy atom. The Bertz CT molecular complexity index is 336. The van der Waals surface area contributed by atoms with Crippen LogP contribution in [0.25, 0.3) is 0 Å². The van der Waals surface area contributed by atoms with Crippen LogP contribution in [0, 0.1) is 0 Å². The second kappa shape index (κ2) is 6.80.